The smallest absolute Gasteiger partial charge is 0.240 e. The van der Waals surface area contributed by atoms with Crippen molar-refractivity contribution in [1.29, 1.82) is 0 Å². The molecule has 3 rings (SSSR count). The quantitative estimate of drug-likeness (QED) is 0.771. The molecule has 2 N–H and O–H groups in total. The van der Waals surface area contributed by atoms with Gasteiger partial charge in [0.25, 0.3) is 0 Å². The van der Waals surface area contributed by atoms with E-state index in [1.54, 1.807) is 35.4 Å². The number of aromatic nitrogens is 5. The fraction of sp³-hybridized carbons (Fsp3) is 0. The molecule has 7 heteroatoms. The van der Waals surface area contributed by atoms with Crippen LogP contribution in [0.4, 0.5) is 5.95 Å². The lowest BCUT2D eigenvalue weighted by atomic mass is 10.2. The zero-order valence-electron chi connectivity index (χ0n) is 9.73. The molecular formula is C12H9ClN6. The topological polar surface area (TPSA) is 82.5 Å². The van der Waals surface area contributed by atoms with E-state index in [2.05, 4.69) is 19.9 Å². The van der Waals surface area contributed by atoms with Crippen LogP contribution in [0.25, 0.3) is 17.3 Å². The second-order valence-electron chi connectivity index (χ2n) is 3.80. The van der Waals surface area contributed by atoms with E-state index < -0.39 is 0 Å². The predicted octanol–water partition coefficient (Wildman–Crippen LogP) is 1.96. The summed E-state index contributed by atoms with van der Waals surface area (Å²) in [5.74, 6) is 1.03. The largest absolute Gasteiger partial charge is 0.368 e. The molecule has 1 aromatic carbocycles. The fourth-order valence-electron chi connectivity index (χ4n) is 1.63. The molecule has 0 radical (unpaired) electrons. The fourth-order valence-corrected chi connectivity index (χ4v) is 1.82. The van der Waals surface area contributed by atoms with E-state index in [1.807, 2.05) is 12.1 Å². The number of anilines is 1. The Labute approximate surface area is 113 Å². The maximum Gasteiger partial charge on any atom is 0.240 e. The summed E-state index contributed by atoms with van der Waals surface area (Å²) in [6.07, 6.45) is 4.96. The third kappa shape index (κ3) is 2.38. The van der Waals surface area contributed by atoms with Crippen molar-refractivity contribution in [3.8, 4) is 17.3 Å². The van der Waals surface area contributed by atoms with Crippen LogP contribution in [0.1, 0.15) is 0 Å². The molecule has 2 aromatic heterocycles. The van der Waals surface area contributed by atoms with Crippen LogP contribution in [0.15, 0.2) is 43.0 Å². The molecule has 0 atom stereocenters. The highest BCUT2D eigenvalue weighted by Gasteiger charge is 2.08. The number of nitrogens with zero attached hydrogens (tertiary/aromatic N) is 5. The minimum absolute atomic E-state index is 0.147. The van der Waals surface area contributed by atoms with Crippen molar-refractivity contribution < 1.29 is 0 Å². The molecule has 0 bridgehead atoms. The van der Waals surface area contributed by atoms with Crippen LogP contribution in [0.5, 0.6) is 0 Å². The van der Waals surface area contributed by atoms with Gasteiger partial charge in [-0.3, -0.25) is 4.57 Å². The third-order valence-electron chi connectivity index (χ3n) is 2.46. The number of hydrogen-bond acceptors (Lipinski definition) is 5. The van der Waals surface area contributed by atoms with Gasteiger partial charge in [-0.1, -0.05) is 23.7 Å². The Bertz CT molecular complexity index is 710. The van der Waals surface area contributed by atoms with E-state index >= 15 is 0 Å². The molecule has 0 saturated carbocycles. The van der Waals surface area contributed by atoms with Gasteiger partial charge in [0.2, 0.25) is 11.9 Å². The van der Waals surface area contributed by atoms with Crippen LogP contribution in [-0.2, 0) is 0 Å². The Kier molecular flexibility index (Phi) is 2.85. The summed E-state index contributed by atoms with van der Waals surface area (Å²) < 4.78 is 1.66. The van der Waals surface area contributed by atoms with Crippen molar-refractivity contribution in [3.63, 3.8) is 0 Å². The van der Waals surface area contributed by atoms with Crippen LogP contribution in [0.3, 0.4) is 0 Å². The summed E-state index contributed by atoms with van der Waals surface area (Å²) in [6.45, 7) is 0. The molecule has 94 valence electrons. The molecule has 3 aromatic rings. The van der Waals surface area contributed by atoms with Crippen LogP contribution < -0.4 is 5.73 Å². The number of imidazole rings is 1. The van der Waals surface area contributed by atoms with Crippen molar-refractivity contribution in [2.45, 2.75) is 0 Å². The van der Waals surface area contributed by atoms with Gasteiger partial charge in [0.1, 0.15) is 6.33 Å². The highest BCUT2D eigenvalue weighted by molar-refractivity contribution is 6.30. The van der Waals surface area contributed by atoms with E-state index in [4.69, 9.17) is 17.3 Å². The van der Waals surface area contributed by atoms with Gasteiger partial charge in [0.15, 0.2) is 5.82 Å². The lowest BCUT2D eigenvalue weighted by molar-refractivity contribution is 0.906. The predicted molar refractivity (Wildman–Crippen MR) is 71.8 cm³/mol. The SMILES string of the molecule is Nc1nc(-c2cccc(Cl)c2)nc(-n2ccnc2)n1. The molecule has 0 spiro atoms. The van der Waals surface area contributed by atoms with Gasteiger partial charge < -0.3 is 5.73 Å². The molecule has 0 amide bonds. The normalized spacial score (nSPS) is 10.6. The number of halogens is 1. The third-order valence-corrected chi connectivity index (χ3v) is 2.69. The van der Waals surface area contributed by atoms with E-state index in [-0.39, 0.29) is 5.95 Å². The number of nitrogen functional groups attached to an aromatic ring is 1. The average molecular weight is 273 g/mol. The highest BCUT2D eigenvalue weighted by Crippen LogP contribution is 2.20. The molecule has 0 unspecified atom stereocenters. The Morgan fingerprint density at radius 3 is 2.79 bits per heavy atom. The summed E-state index contributed by atoms with van der Waals surface area (Å²) >= 11 is 5.96. The zero-order valence-corrected chi connectivity index (χ0v) is 10.5. The highest BCUT2D eigenvalue weighted by atomic mass is 35.5. The van der Waals surface area contributed by atoms with Crippen LogP contribution in [-0.4, -0.2) is 24.5 Å². The molecule has 2 heterocycles. The first-order valence-electron chi connectivity index (χ1n) is 5.48. The number of benzene rings is 1. The second-order valence-corrected chi connectivity index (χ2v) is 4.23. The van der Waals surface area contributed by atoms with Crippen molar-refractivity contribution in [2.75, 3.05) is 5.73 Å². The van der Waals surface area contributed by atoms with E-state index in [0.717, 1.165) is 5.56 Å². The number of hydrogen-bond donors (Lipinski definition) is 1. The zero-order chi connectivity index (χ0) is 13.2. The average Bonchev–Trinajstić information content (AvgIpc) is 2.92. The first kappa shape index (κ1) is 11.6. The van der Waals surface area contributed by atoms with Gasteiger partial charge >= 0.3 is 0 Å². The van der Waals surface area contributed by atoms with Crippen molar-refractivity contribution >= 4 is 17.5 Å². The Hall–Kier alpha value is -2.47. The molecule has 19 heavy (non-hydrogen) atoms. The number of nitrogens with two attached hydrogens (primary N) is 1. The van der Waals surface area contributed by atoms with Gasteiger partial charge in [0.05, 0.1) is 0 Å². The molecule has 0 fully saturated rings. The summed E-state index contributed by atoms with van der Waals surface area (Å²) in [5.41, 5.74) is 6.49. The van der Waals surface area contributed by atoms with Gasteiger partial charge in [-0.25, -0.2) is 4.98 Å². The summed E-state index contributed by atoms with van der Waals surface area (Å²) in [5, 5.41) is 0.612. The first-order valence-corrected chi connectivity index (χ1v) is 5.86. The summed E-state index contributed by atoms with van der Waals surface area (Å²) in [6, 6.07) is 7.24. The molecule has 0 aliphatic heterocycles. The summed E-state index contributed by atoms with van der Waals surface area (Å²) in [7, 11) is 0. The van der Waals surface area contributed by atoms with Crippen molar-refractivity contribution in [2.24, 2.45) is 0 Å². The monoisotopic (exact) mass is 272 g/mol. The molecular weight excluding hydrogens is 264 g/mol. The lowest BCUT2D eigenvalue weighted by Gasteiger charge is -2.05. The van der Waals surface area contributed by atoms with Crippen molar-refractivity contribution in [1.82, 2.24) is 24.5 Å². The van der Waals surface area contributed by atoms with Crippen LogP contribution in [0, 0.1) is 0 Å². The maximum absolute atomic E-state index is 5.96. The van der Waals surface area contributed by atoms with Gasteiger partial charge in [-0.2, -0.15) is 15.0 Å². The van der Waals surface area contributed by atoms with Gasteiger partial charge in [-0.05, 0) is 12.1 Å². The van der Waals surface area contributed by atoms with E-state index in [1.165, 1.54) is 0 Å². The minimum Gasteiger partial charge on any atom is -0.368 e. The van der Waals surface area contributed by atoms with E-state index in [9.17, 15) is 0 Å². The Balaban J connectivity index is 2.12. The summed E-state index contributed by atoms with van der Waals surface area (Å²) in [4.78, 5) is 16.5. The van der Waals surface area contributed by atoms with Crippen LogP contribution in [0.2, 0.25) is 5.02 Å². The molecule has 0 saturated heterocycles. The first-order chi connectivity index (χ1) is 9.22. The lowest BCUT2D eigenvalue weighted by Crippen LogP contribution is -2.06. The Morgan fingerprint density at radius 2 is 2.05 bits per heavy atom. The maximum atomic E-state index is 5.96. The van der Waals surface area contributed by atoms with Crippen LogP contribution >= 0.6 is 11.6 Å². The molecule has 0 aliphatic carbocycles. The molecule has 0 aliphatic rings. The van der Waals surface area contributed by atoms with E-state index in [0.29, 0.717) is 16.8 Å². The molecule has 6 nitrogen and oxygen atoms in total. The number of rotatable bonds is 2. The van der Waals surface area contributed by atoms with Gasteiger partial charge in [-0.15, -0.1) is 0 Å². The Morgan fingerprint density at radius 1 is 1.16 bits per heavy atom. The minimum atomic E-state index is 0.147. The van der Waals surface area contributed by atoms with Gasteiger partial charge in [0, 0.05) is 23.0 Å². The standard InChI is InChI=1S/C12H9ClN6/c13-9-3-1-2-8(6-9)10-16-11(14)18-12(17-10)19-5-4-15-7-19/h1-7H,(H2,14,16,17,18). The van der Waals surface area contributed by atoms with Crippen molar-refractivity contribution in [3.05, 3.63) is 48.0 Å². The second kappa shape index (κ2) is 4.66.